The smallest absolute Gasteiger partial charge is 0.220 e. The molecule has 4 nitrogen and oxygen atoms in total. The van der Waals surface area contributed by atoms with Crippen LogP contribution >= 0.6 is 11.6 Å². The fraction of sp³-hybridized carbons (Fsp3) is 0.417. The van der Waals surface area contributed by atoms with Gasteiger partial charge >= 0.3 is 0 Å². The van der Waals surface area contributed by atoms with Crippen LogP contribution in [-0.2, 0) is 6.42 Å². The number of nitrogens with one attached hydrogen (secondary N) is 1. The first-order valence-electron chi connectivity index (χ1n) is 10.3. The quantitative estimate of drug-likeness (QED) is 0.701. The Morgan fingerprint density at radius 2 is 1.62 bits per heavy atom. The van der Waals surface area contributed by atoms with Crippen molar-refractivity contribution < 1.29 is 19.2 Å². The molecule has 1 N–H and O–H groups in total. The molecule has 0 aromatic heterocycles. The van der Waals surface area contributed by atoms with Crippen molar-refractivity contribution >= 4 is 23.2 Å². The molecule has 29 heavy (non-hydrogen) atoms. The summed E-state index contributed by atoms with van der Waals surface area (Å²) >= 11 is 6.02. The maximum atomic E-state index is 13.5. The van der Waals surface area contributed by atoms with Crippen LogP contribution in [0.3, 0.4) is 0 Å². The Morgan fingerprint density at radius 3 is 2.21 bits per heavy atom. The van der Waals surface area contributed by atoms with Gasteiger partial charge in [-0.25, -0.2) is 0 Å². The monoisotopic (exact) mass is 414 g/mol. The number of methoxy groups -OCH3 is 1. The topological polar surface area (TPSA) is 47.8 Å². The summed E-state index contributed by atoms with van der Waals surface area (Å²) in [6.45, 7) is 3.53. The van der Waals surface area contributed by atoms with Gasteiger partial charge in [-0.05, 0) is 75.1 Å². The third-order valence-corrected chi connectivity index (χ3v) is 6.05. The Labute approximate surface area is 177 Å². The van der Waals surface area contributed by atoms with Crippen LogP contribution in [-0.4, -0.2) is 37.8 Å². The van der Waals surface area contributed by atoms with E-state index in [1.54, 1.807) is 44.4 Å². The predicted molar refractivity (Wildman–Crippen MR) is 115 cm³/mol. The van der Waals surface area contributed by atoms with E-state index >= 15 is 0 Å². The summed E-state index contributed by atoms with van der Waals surface area (Å²) in [7, 11) is 1.63. The molecule has 0 bridgehead atoms. The number of carbonyl (C=O) groups excluding carboxylic acids is 2. The van der Waals surface area contributed by atoms with Crippen molar-refractivity contribution in [1.82, 2.24) is 0 Å². The molecular formula is C24H29ClNO3+. The lowest BCUT2D eigenvalue weighted by atomic mass is 9.94. The molecule has 3 rings (SSSR count). The Morgan fingerprint density at radius 1 is 1.00 bits per heavy atom. The van der Waals surface area contributed by atoms with Gasteiger partial charge in [0.15, 0.2) is 11.8 Å². The minimum Gasteiger partial charge on any atom is -0.496 e. The Balaban J connectivity index is 1.96. The van der Waals surface area contributed by atoms with Gasteiger partial charge < -0.3 is 9.64 Å². The highest BCUT2D eigenvalue weighted by Gasteiger charge is 2.32. The molecule has 2 aromatic carbocycles. The molecule has 154 valence electrons. The zero-order valence-electron chi connectivity index (χ0n) is 17.2. The third kappa shape index (κ3) is 5.46. The molecule has 0 aliphatic carbocycles. The van der Waals surface area contributed by atoms with Gasteiger partial charge in [0.2, 0.25) is 5.78 Å². The van der Waals surface area contributed by atoms with Crippen LogP contribution in [0.4, 0.5) is 0 Å². The SMILES string of the molecule is COc1ccc(C(C)=O)cc1C[C@@H](C(=O)c1ccc(Cl)cc1)[NH+]1CCCCCC1. The van der Waals surface area contributed by atoms with Crippen molar-refractivity contribution in [2.45, 2.75) is 45.1 Å². The normalized spacial score (nSPS) is 16.1. The number of rotatable bonds is 7. The van der Waals surface area contributed by atoms with Gasteiger partial charge in [-0.1, -0.05) is 11.6 Å². The van der Waals surface area contributed by atoms with E-state index in [1.165, 1.54) is 17.7 Å². The second-order valence-corrected chi connectivity index (χ2v) is 8.22. The maximum Gasteiger partial charge on any atom is 0.220 e. The number of Topliss-reactive ketones (excluding diaryl/α,β-unsaturated/α-hetero) is 2. The van der Waals surface area contributed by atoms with E-state index in [2.05, 4.69) is 0 Å². The summed E-state index contributed by atoms with van der Waals surface area (Å²) < 4.78 is 5.54. The number of ether oxygens (including phenoxy) is 1. The number of quaternary nitrogens is 1. The first kappa shape index (κ1) is 21.5. The van der Waals surface area contributed by atoms with Gasteiger partial charge in [-0.3, -0.25) is 9.59 Å². The number of halogens is 1. The van der Waals surface area contributed by atoms with E-state index in [1.807, 2.05) is 12.1 Å². The highest BCUT2D eigenvalue weighted by molar-refractivity contribution is 6.30. The highest BCUT2D eigenvalue weighted by Crippen LogP contribution is 2.23. The van der Waals surface area contributed by atoms with Crippen molar-refractivity contribution in [2.24, 2.45) is 0 Å². The number of hydrogen-bond donors (Lipinski definition) is 1. The van der Waals surface area contributed by atoms with E-state index in [9.17, 15) is 9.59 Å². The minimum atomic E-state index is -0.217. The van der Waals surface area contributed by atoms with Crippen LogP contribution < -0.4 is 9.64 Å². The summed E-state index contributed by atoms with van der Waals surface area (Å²) in [6, 6.07) is 12.4. The molecule has 1 aliphatic heterocycles. The first-order chi connectivity index (χ1) is 14.0. The van der Waals surface area contributed by atoms with Gasteiger partial charge in [-0.15, -0.1) is 0 Å². The lowest BCUT2D eigenvalue weighted by molar-refractivity contribution is -0.914. The van der Waals surface area contributed by atoms with E-state index in [4.69, 9.17) is 16.3 Å². The molecule has 1 atom stereocenters. The molecule has 0 radical (unpaired) electrons. The number of benzene rings is 2. The van der Waals surface area contributed by atoms with Gasteiger partial charge in [-0.2, -0.15) is 0 Å². The highest BCUT2D eigenvalue weighted by atomic mass is 35.5. The molecule has 1 fully saturated rings. The summed E-state index contributed by atoms with van der Waals surface area (Å²) in [5.74, 6) is 0.851. The van der Waals surface area contributed by atoms with Crippen molar-refractivity contribution in [3.63, 3.8) is 0 Å². The zero-order valence-corrected chi connectivity index (χ0v) is 17.9. The van der Waals surface area contributed by atoms with Crippen molar-refractivity contribution in [3.05, 3.63) is 64.2 Å². The largest absolute Gasteiger partial charge is 0.496 e. The average molecular weight is 415 g/mol. The van der Waals surface area contributed by atoms with Crippen LogP contribution in [0.15, 0.2) is 42.5 Å². The molecule has 2 aromatic rings. The molecular weight excluding hydrogens is 386 g/mol. The van der Waals surface area contributed by atoms with Crippen molar-refractivity contribution in [3.8, 4) is 5.75 Å². The van der Waals surface area contributed by atoms with E-state index < -0.39 is 0 Å². The van der Waals surface area contributed by atoms with Crippen LogP contribution in [0.25, 0.3) is 0 Å². The number of ketones is 2. The Hall–Kier alpha value is -2.17. The zero-order chi connectivity index (χ0) is 20.8. The van der Waals surface area contributed by atoms with Crippen LogP contribution in [0.1, 0.15) is 58.9 Å². The molecule has 1 saturated heterocycles. The van der Waals surface area contributed by atoms with Crippen LogP contribution in [0, 0.1) is 0 Å². The summed E-state index contributed by atoms with van der Waals surface area (Å²) in [6.07, 6.45) is 5.23. The number of likely N-dealkylation sites (tertiary alicyclic amines) is 1. The minimum absolute atomic E-state index is 0.0107. The molecule has 0 unspecified atom stereocenters. The molecule has 1 aliphatic rings. The Kier molecular flexibility index (Phi) is 7.45. The van der Waals surface area contributed by atoms with Gasteiger partial charge in [0.25, 0.3) is 0 Å². The average Bonchev–Trinajstić information content (AvgIpc) is 3.01. The van der Waals surface area contributed by atoms with E-state index in [-0.39, 0.29) is 17.6 Å². The summed E-state index contributed by atoms with van der Waals surface area (Å²) in [5.41, 5.74) is 2.23. The summed E-state index contributed by atoms with van der Waals surface area (Å²) in [4.78, 5) is 26.7. The lowest BCUT2D eigenvalue weighted by Gasteiger charge is -2.27. The molecule has 0 spiro atoms. The van der Waals surface area contributed by atoms with Crippen molar-refractivity contribution in [1.29, 1.82) is 0 Å². The van der Waals surface area contributed by atoms with E-state index in [0.717, 1.165) is 37.2 Å². The second-order valence-electron chi connectivity index (χ2n) is 7.78. The van der Waals surface area contributed by atoms with Crippen LogP contribution in [0.5, 0.6) is 5.75 Å². The van der Waals surface area contributed by atoms with Gasteiger partial charge in [0.05, 0.1) is 20.2 Å². The Bertz CT molecular complexity index is 855. The van der Waals surface area contributed by atoms with Gasteiger partial charge in [0.1, 0.15) is 5.75 Å². The fourth-order valence-corrected chi connectivity index (χ4v) is 4.27. The molecule has 0 saturated carbocycles. The first-order valence-corrected chi connectivity index (χ1v) is 10.7. The summed E-state index contributed by atoms with van der Waals surface area (Å²) in [5, 5.41) is 0.621. The van der Waals surface area contributed by atoms with Crippen LogP contribution in [0.2, 0.25) is 5.02 Å². The lowest BCUT2D eigenvalue weighted by Crippen LogP contribution is -3.17. The molecule has 0 amide bonds. The standard InChI is InChI=1S/C24H28ClNO3/c1-17(27)19-9-12-23(29-2)20(15-19)16-22(26-13-5-3-4-6-14-26)24(28)18-7-10-21(25)11-8-18/h7-12,15,22H,3-6,13-14,16H2,1-2H3/p+1/t22-/m0/s1. The third-order valence-electron chi connectivity index (χ3n) is 5.79. The maximum absolute atomic E-state index is 13.5. The van der Waals surface area contributed by atoms with Gasteiger partial charge in [0, 0.05) is 28.1 Å². The van der Waals surface area contributed by atoms with E-state index in [0.29, 0.717) is 22.6 Å². The second kappa shape index (κ2) is 10.0. The fourth-order valence-electron chi connectivity index (χ4n) is 4.15. The van der Waals surface area contributed by atoms with Crippen molar-refractivity contribution in [2.75, 3.05) is 20.2 Å². The molecule has 5 heteroatoms. The predicted octanol–water partition coefficient (Wildman–Crippen LogP) is 3.80. The number of carbonyl (C=O) groups is 2. The number of hydrogen-bond acceptors (Lipinski definition) is 3. The molecule has 1 heterocycles.